The molecule has 1 amide bonds. The summed E-state index contributed by atoms with van der Waals surface area (Å²) in [5.41, 5.74) is 0.777. The van der Waals surface area contributed by atoms with Gasteiger partial charge >= 0.3 is 0 Å². The lowest BCUT2D eigenvalue weighted by molar-refractivity contribution is -0.105. The van der Waals surface area contributed by atoms with Crippen molar-refractivity contribution in [3.05, 3.63) is 29.7 Å². The van der Waals surface area contributed by atoms with Gasteiger partial charge < -0.3 is 9.72 Å². The van der Waals surface area contributed by atoms with Gasteiger partial charge in [-0.2, -0.15) is 0 Å². The Hall–Kier alpha value is -1.26. The predicted molar refractivity (Wildman–Crippen MR) is 57.1 cm³/mol. The number of imidazole rings is 1. The van der Waals surface area contributed by atoms with Crippen molar-refractivity contribution >= 4 is 41.8 Å². The van der Waals surface area contributed by atoms with E-state index in [1.807, 2.05) is 0 Å². The van der Waals surface area contributed by atoms with Gasteiger partial charge in [-0.15, -0.1) is 12.4 Å². The second-order valence-corrected chi connectivity index (χ2v) is 2.93. The molecule has 0 aliphatic heterocycles. The molecule has 0 aliphatic carbocycles. The second-order valence-electron chi connectivity index (χ2n) is 2.49. The monoisotopic (exact) mass is 231 g/mol. The standard InChI is InChI=1S/C8H6ClN3O.ClH/c9-6-1-2-12-4-10-8(11-5-13)7(12)3-6;/h1-5H,(H,11,13);1H. The molecule has 4 nitrogen and oxygen atoms in total. The Balaban J connectivity index is 0.000000980. The van der Waals surface area contributed by atoms with Crippen LogP contribution in [0.3, 0.4) is 0 Å². The van der Waals surface area contributed by atoms with Gasteiger partial charge in [-0.1, -0.05) is 11.6 Å². The highest BCUT2D eigenvalue weighted by Gasteiger charge is 2.02. The molecule has 6 heteroatoms. The quantitative estimate of drug-likeness (QED) is 0.804. The summed E-state index contributed by atoms with van der Waals surface area (Å²) >= 11 is 5.79. The van der Waals surface area contributed by atoms with Gasteiger partial charge in [0.2, 0.25) is 6.41 Å². The van der Waals surface area contributed by atoms with E-state index in [0.29, 0.717) is 17.3 Å². The molecule has 2 aromatic heterocycles. The van der Waals surface area contributed by atoms with E-state index in [9.17, 15) is 4.79 Å². The molecule has 0 saturated heterocycles. The molecule has 0 unspecified atom stereocenters. The number of fused-ring (bicyclic) bond motifs is 1. The van der Waals surface area contributed by atoms with Crippen LogP contribution in [-0.2, 0) is 4.79 Å². The summed E-state index contributed by atoms with van der Waals surface area (Å²) < 4.78 is 1.78. The van der Waals surface area contributed by atoms with E-state index in [-0.39, 0.29) is 12.4 Å². The van der Waals surface area contributed by atoms with Gasteiger partial charge in [0.15, 0.2) is 5.82 Å². The molecule has 0 spiro atoms. The minimum Gasteiger partial charge on any atom is -0.312 e. The summed E-state index contributed by atoms with van der Waals surface area (Å²) in [7, 11) is 0. The molecule has 14 heavy (non-hydrogen) atoms. The van der Waals surface area contributed by atoms with Crippen molar-refractivity contribution < 1.29 is 4.79 Å². The normalized spacial score (nSPS) is 9.50. The van der Waals surface area contributed by atoms with Gasteiger partial charge in [0.25, 0.3) is 0 Å². The average molecular weight is 232 g/mol. The van der Waals surface area contributed by atoms with Crippen molar-refractivity contribution in [2.45, 2.75) is 0 Å². The number of hydrogen-bond donors (Lipinski definition) is 1. The van der Waals surface area contributed by atoms with Gasteiger partial charge in [-0.25, -0.2) is 4.98 Å². The summed E-state index contributed by atoms with van der Waals surface area (Å²) in [5, 5.41) is 3.10. The van der Waals surface area contributed by atoms with Crippen molar-refractivity contribution in [1.29, 1.82) is 0 Å². The number of pyridine rings is 1. The van der Waals surface area contributed by atoms with E-state index in [1.165, 1.54) is 0 Å². The number of carbonyl (C=O) groups is 1. The molecule has 0 radical (unpaired) electrons. The smallest absolute Gasteiger partial charge is 0.212 e. The first-order valence-electron chi connectivity index (χ1n) is 3.63. The number of carbonyl (C=O) groups excluding carboxylic acids is 1. The highest BCUT2D eigenvalue weighted by Crippen LogP contribution is 2.18. The molecule has 2 rings (SSSR count). The molecule has 0 aromatic carbocycles. The first-order chi connectivity index (χ1) is 6.31. The molecular formula is C8H7Cl2N3O. The number of hydrogen-bond acceptors (Lipinski definition) is 2. The number of halogens is 2. The zero-order chi connectivity index (χ0) is 9.26. The van der Waals surface area contributed by atoms with Gasteiger partial charge in [0.05, 0.1) is 5.52 Å². The third kappa shape index (κ3) is 1.81. The van der Waals surface area contributed by atoms with Crippen LogP contribution in [0.15, 0.2) is 24.7 Å². The molecule has 2 aromatic rings. The van der Waals surface area contributed by atoms with Crippen LogP contribution in [0.1, 0.15) is 0 Å². The maximum Gasteiger partial charge on any atom is 0.212 e. The predicted octanol–water partition coefficient (Wildman–Crippen LogP) is 1.98. The molecular weight excluding hydrogens is 225 g/mol. The van der Waals surface area contributed by atoms with Crippen LogP contribution in [0.5, 0.6) is 0 Å². The summed E-state index contributed by atoms with van der Waals surface area (Å²) in [6, 6.07) is 3.49. The highest BCUT2D eigenvalue weighted by molar-refractivity contribution is 6.31. The van der Waals surface area contributed by atoms with E-state index >= 15 is 0 Å². The van der Waals surface area contributed by atoms with E-state index in [0.717, 1.165) is 5.52 Å². The Morgan fingerprint density at radius 3 is 3.07 bits per heavy atom. The summed E-state index contributed by atoms with van der Waals surface area (Å²) in [6.07, 6.45) is 3.97. The van der Waals surface area contributed by atoms with Crippen molar-refractivity contribution in [1.82, 2.24) is 9.38 Å². The number of amides is 1. The minimum atomic E-state index is 0. The topological polar surface area (TPSA) is 46.4 Å². The van der Waals surface area contributed by atoms with Crippen LogP contribution in [0.2, 0.25) is 5.02 Å². The van der Waals surface area contributed by atoms with Gasteiger partial charge in [0.1, 0.15) is 6.33 Å². The van der Waals surface area contributed by atoms with Gasteiger partial charge in [-0.05, 0) is 12.1 Å². The fourth-order valence-corrected chi connectivity index (χ4v) is 1.29. The maximum atomic E-state index is 10.2. The molecule has 0 saturated carbocycles. The van der Waals surface area contributed by atoms with Crippen molar-refractivity contribution in [3.63, 3.8) is 0 Å². The van der Waals surface area contributed by atoms with Crippen LogP contribution < -0.4 is 5.32 Å². The molecule has 74 valence electrons. The summed E-state index contributed by atoms with van der Waals surface area (Å²) in [5.74, 6) is 0.512. The molecule has 0 atom stereocenters. The van der Waals surface area contributed by atoms with Crippen molar-refractivity contribution in [3.8, 4) is 0 Å². The Labute approximate surface area is 91.3 Å². The molecule has 1 N–H and O–H groups in total. The van der Waals surface area contributed by atoms with E-state index in [1.54, 1.807) is 29.1 Å². The van der Waals surface area contributed by atoms with E-state index in [4.69, 9.17) is 11.6 Å². The largest absolute Gasteiger partial charge is 0.312 e. The Morgan fingerprint density at radius 2 is 2.36 bits per heavy atom. The summed E-state index contributed by atoms with van der Waals surface area (Å²) in [4.78, 5) is 14.2. The molecule has 2 heterocycles. The number of nitrogens with one attached hydrogen (secondary N) is 1. The van der Waals surface area contributed by atoms with E-state index in [2.05, 4.69) is 10.3 Å². The lowest BCUT2D eigenvalue weighted by Gasteiger charge is -1.96. The third-order valence-corrected chi connectivity index (χ3v) is 1.93. The lowest BCUT2D eigenvalue weighted by Crippen LogP contribution is -1.94. The molecule has 0 bridgehead atoms. The first-order valence-corrected chi connectivity index (χ1v) is 4.01. The number of aromatic nitrogens is 2. The van der Waals surface area contributed by atoms with Crippen LogP contribution >= 0.6 is 24.0 Å². The SMILES string of the molecule is Cl.O=CNc1ncn2ccc(Cl)cc12. The summed E-state index contributed by atoms with van der Waals surface area (Å²) in [6.45, 7) is 0. The van der Waals surface area contributed by atoms with Crippen LogP contribution in [-0.4, -0.2) is 15.8 Å². The van der Waals surface area contributed by atoms with Crippen LogP contribution in [0, 0.1) is 0 Å². The Morgan fingerprint density at radius 1 is 1.57 bits per heavy atom. The van der Waals surface area contributed by atoms with E-state index < -0.39 is 0 Å². The van der Waals surface area contributed by atoms with Crippen LogP contribution in [0.4, 0.5) is 5.82 Å². The van der Waals surface area contributed by atoms with Gasteiger partial charge in [-0.3, -0.25) is 4.79 Å². The zero-order valence-electron chi connectivity index (χ0n) is 6.98. The fourth-order valence-electron chi connectivity index (χ4n) is 1.13. The highest BCUT2D eigenvalue weighted by atomic mass is 35.5. The first kappa shape index (κ1) is 10.8. The lowest BCUT2D eigenvalue weighted by atomic mass is 10.4. The third-order valence-electron chi connectivity index (χ3n) is 1.70. The Kier molecular flexibility index (Phi) is 3.33. The minimum absolute atomic E-state index is 0. The van der Waals surface area contributed by atoms with Crippen molar-refractivity contribution in [2.24, 2.45) is 0 Å². The van der Waals surface area contributed by atoms with Crippen LogP contribution in [0.25, 0.3) is 5.52 Å². The average Bonchev–Trinajstić information content (AvgIpc) is 2.49. The second kappa shape index (κ2) is 4.30. The zero-order valence-corrected chi connectivity index (χ0v) is 8.55. The van der Waals surface area contributed by atoms with Gasteiger partial charge in [0, 0.05) is 11.2 Å². The maximum absolute atomic E-state index is 10.2. The molecule has 0 fully saturated rings. The Bertz CT molecular complexity index is 455. The number of nitrogens with zero attached hydrogens (tertiary/aromatic N) is 2. The molecule has 0 aliphatic rings. The fraction of sp³-hybridized carbons (Fsp3) is 0. The number of anilines is 1. The number of rotatable bonds is 2. The van der Waals surface area contributed by atoms with Crippen molar-refractivity contribution in [2.75, 3.05) is 5.32 Å².